The van der Waals surface area contributed by atoms with Gasteiger partial charge in [0.2, 0.25) is 5.91 Å². The Kier molecular flexibility index (Phi) is 5.49. The van der Waals surface area contributed by atoms with Crippen molar-refractivity contribution in [2.45, 2.75) is 24.7 Å². The van der Waals surface area contributed by atoms with Crippen LogP contribution in [0.1, 0.15) is 24.8 Å². The molecule has 1 N–H and O–H groups in total. The van der Waals surface area contributed by atoms with Crippen molar-refractivity contribution in [3.05, 3.63) is 35.6 Å². The number of nitrogens with one attached hydrogen (secondary N) is 1. The summed E-state index contributed by atoms with van der Waals surface area (Å²) in [5.41, 5.74) is 0.0370. The minimum absolute atomic E-state index is 0.123. The number of carbonyl (C=O) groups is 2. The normalized spacial score (nSPS) is 16.8. The van der Waals surface area contributed by atoms with Gasteiger partial charge in [-0.15, -0.1) is 0 Å². The van der Waals surface area contributed by atoms with Crippen molar-refractivity contribution in [1.29, 1.82) is 0 Å². The smallest absolute Gasteiger partial charge is 0.307 e. The maximum Gasteiger partial charge on any atom is 0.307 e. The van der Waals surface area contributed by atoms with Gasteiger partial charge in [-0.3, -0.25) is 9.59 Å². The number of ether oxygens (including phenoxy) is 2. The van der Waals surface area contributed by atoms with Crippen LogP contribution in [0.2, 0.25) is 0 Å². The number of halogens is 1. The lowest BCUT2D eigenvalue weighted by atomic mass is 9.73. The summed E-state index contributed by atoms with van der Waals surface area (Å²) in [6.45, 7) is 1.17. The number of esters is 1. The van der Waals surface area contributed by atoms with Gasteiger partial charge in [0.1, 0.15) is 5.82 Å². The second kappa shape index (κ2) is 7.35. The van der Waals surface area contributed by atoms with Gasteiger partial charge in [-0.25, -0.2) is 4.39 Å². The van der Waals surface area contributed by atoms with Crippen LogP contribution in [0.4, 0.5) is 4.39 Å². The Morgan fingerprint density at radius 2 is 1.91 bits per heavy atom. The summed E-state index contributed by atoms with van der Waals surface area (Å²) in [5.74, 6) is -0.869. The highest BCUT2D eigenvalue weighted by atomic mass is 19.1. The third kappa shape index (κ3) is 3.62. The fourth-order valence-electron chi connectivity index (χ4n) is 2.68. The topological polar surface area (TPSA) is 64.6 Å². The molecular formula is C16H20FNO4. The number of hydrogen-bond donors (Lipinski definition) is 1. The lowest BCUT2D eigenvalue weighted by Gasteiger charge is -2.36. The number of benzene rings is 1. The highest BCUT2D eigenvalue weighted by molar-refractivity contribution is 5.88. The fourth-order valence-corrected chi connectivity index (χ4v) is 2.68. The Hall–Kier alpha value is -1.95. The third-order valence-electron chi connectivity index (χ3n) is 4.02. The van der Waals surface area contributed by atoms with Crippen molar-refractivity contribution in [1.82, 2.24) is 5.32 Å². The van der Waals surface area contributed by atoms with Crippen LogP contribution < -0.4 is 5.32 Å². The Morgan fingerprint density at radius 3 is 2.50 bits per heavy atom. The second-order valence-electron chi connectivity index (χ2n) is 5.28. The number of hydrogen-bond acceptors (Lipinski definition) is 4. The molecule has 1 fully saturated rings. The summed E-state index contributed by atoms with van der Waals surface area (Å²) in [4.78, 5) is 23.8. The average Bonchev–Trinajstić information content (AvgIpc) is 2.55. The van der Waals surface area contributed by atoms with Crippen LogP contribution in [0.15, 0.2) is 24.3 Å². The van der Waals surface area contributed by atoms with E-state index < -0.39 is 5.41 Å². The molecule has 0 spiro atoms. The largest absolute Gasteiger partial charge is 0.469 e. The summed E-state index contributed by atoms with van der Waals surface area (Å²) in [5, 5.41) is 2.78. The standard InChI is InChI=1S/C16H20FNO4/c1-21-14(19)6-9-18-15(20)16(7-10-22-11-8-16)12-2-4-13(17)5-3-12/h2-5H,6-11H2,1H3,(H,18,20). The number of amides is 1. The molecule has 2 rings (SSSR count). The van der Waals surface area contributed by atoms with Crippen molar-refractivity contribution < 1.29 is 23.5 Å². The van der Waals surface area contributed by atoms with Gasteiger partial charge in [0.15, 0.2) is 0 Å². The van der Waals surface area contributed by atoms with E-state index in [1.54, 1.807) is 12.1 Å². The molecule has 0 unspecified atom stereocenters. The van der Waals surface area contributed by atoms with Crippen molar-refractivity contribution in [3.8, 4) is 0 Å². The summed E-state index contributed by atoms with van der Waals surface area (Å²) in [6.07, 6.45) is 1.18. The first-order valence-electron chi connectivity index (χ1n) is 7.27. The zero-order chi connectivity index (χ0) is 16.0. The highest BCUT2D eigenvalue weighted by Gasteiger charge is 2.41. The van der Waals surface area contributed by atoms with Crippen LogP contribution >= 0.6 is 0 Å². The van der Waals surface area contributed by atoms with Crippen molar-refractivity contribution in [2.24, 2.45) is 0 Å². The number of rotatable bonds is 5. The number of methoxy groups -OCH3 is 1. The molecule has 0 aliphatic carbocycles. The molecular weight excluding hydrogens is 289 g/mol. The highest BCUT2D eigenvalue weighted by Crippen LogP contribution is 2.35. The predicted octanol–water partition coefficient (Wildman–Crippen LogP) is 1.55. The van der Waals surface area contributed by atoms with E-state index in [0.717, 1.165) is 5.56 Å². The second-order valence-corrected chi connectivity index (χ2v) is 5.28. The lowest BCUT2D eigenvalue weighted by Crippen LogP contribution is -2.48. The molecule has 1 aliphatic heterocycles. The monoisotopic (exact) mass is 309 g/mol. The minimum atomic E-state index is -0.734. The summed E-state index contributed by atoms with van der Waals surface area (Å²) in [6, 6.07) is 5.99. The summed E-state index contributed by atoms with van der Waals surface area (Å²) in [7, 11) is 1.31. The van der Waals surface area contributed by atoms with E-state index in [9.17, 15) is 14.0 Å². The van der Waals surface area contributed by atoms with Crippen LogP contribution in [0.25, 0.3) is 0 Å². The van der Waals surface area contributed by atoms with Crippen LogP contribution in [0, 0.1) is 5.82 Å². The van der Waals surface area contributed by atoms with Gasteiger partial charge in [0, 0.05) is 19.8 Å². The van der Waals surface area contributed by atoms with Gasteiger partial charge in [-0.05, 0) is 30.5 Å². The van der Waals surface area contributed by atoms with Gasteiger partial charge in [0.25, 0.3) is 0 Å². The molecule has 1 aliphatic rings. The molecule has 5 nitrogen and oxygen atoms in total. The first kappa shape index (κ1) is 16.4. The quantitative estimate of drug-likeness (QED) is 0.838. The van der Waals surface area contributed by atoms with E-state index >= 15 is 0 Å². The SMILES string of the molecule is COC(=O)CCNC(=O)C1(c2ccc(F)cc2)CCOCC1. The van der Waals surface area contributed by atoms with Crippen molar-refractivity contribution >= 4 is 11.9 Å². The van der Waals surface area contributed by atoms with Crippen LogP contribution in [-0.2, 0) is 24.5 Å². The molecule has 1 aromatic rings. The third-order valence-corrected chi connectivity index (χ3v) is 4.02. The zero-order valence-corrected chi connectivity index (χ0v) is 12.6. The van der Waals surface area contributed by atoms with E-state index in [0.29, 0.717) is 26.1 Å². The van der Waals surface area contributed by atoms with E-state index in [2.05, 4.69) is 10.1 Å². The summed E-state index contributed by atoms with van der Waals surface area (Å²) >= 11 is 0. The fraction of sp³-hybridized carbons (Fsp3) is 0.500. The van der Waals surface area contributed by atoms with Gasteiger partial charge < -0.3 is 14.8 Å². The Labute approximate surface area is 128 Å². The molecule has 1 aromatic carbocycles. The Morgan fingerprint density at radius 1 is 1.27 bits per heavy atom. The van der Waals surface area contributed by atoms with Crippen LogP contribution in [0.5, 0.6) is 0 Å². The van der Waals surface area contributed by atoms with Crippen LogP contribution in [0.3, 0.4) is 0 Å². The molecule has 0 saturated carbocycles. The van der Waals surface area contributed by atoms with E-state index in [4.69, 9.17) is 4.74 Å². The van der Waals surface area contributed by atoms with E-state index in [1.807, 2.05) is 0 Å². The molecule has 22 heavy (non-hydrogen) atoms. The summed E-state index contributed by atoms with van der Waals surface area (Å²) < 4.78 is 23.0. The maximum atomic E-state index is 13.1. The van der Waals surface area contributed by atoms with Crippen LogP contribution in [-0.4, -0.2) is 38.7 Å². The predicted molar refractivity (Wildman–Crippen MR) is 77.8 cm³/mol. The van der Waals surface area contributed by atoms with Gasteiger partial charge in [-0.2, -0.15) is 0 Å². The van der Waals surface area contributed by atoms with Gasteiger partial charge >= 0.3 is 5.97 Å². The van der Waals surface area contributed by atoms with Crippen molar-refractivity contribution in [3.63, 3.8) is 0 Å². The van der Waals surface area contributed by atoms with E-state index in [1.165, 1.54) is 19.2 Å². The first-order valence-corrected chi connectivity index (χ1v) is 7.27. The number of carbonyl (C=O) groups excluding carboxylic acids is 2. The molecule has 0 atom stereocenters. The van der Waals surface area contributed by atoms with Gasteiger partial charge in [-0.1, -0.05) is 12.1 Å². The van der Waals surface area contributed by atoms with Crippen molar-refractivity contribution in [2.75, 3.05) is 26.9 Å². The van der Waals surface area contributed by atoms with Gasteiger partial charge in [0.05, 0.1) is 18.9 Å². The molecule has 0 aromatic heterocycles. The molecule has 6 heteroatoms. The lowest BCUT2D eigenvalue weighted by molar-refractivity contribution is -0.140. The Balaban J connectivity index is 2.13. The van der Waals surface area contributed by atoms with E-state index in [-0.39, 0.29) is 30.7 Å². The molecule has 1 saturated heterocycles. The minimum Gasteiger partial charge on any atom is -0.469 e. The molecule has 0 bridgehead atoms. The maximum absolute atomic E-state index is 13.1. The molecule has 120 valence electrons. The average molecular weight is 309 g/mol. The molecule has 1 amide bonds. The zero-order valence-electron chi connectivity index (χ0n) is 12.6. The molecule has 1 heterocycles. The first-order chi connectivity index (χ1) is 10.6. The molecule has 0 radical (unpaired) electrons. The Bertz CT molecular complexity index is 523.